The fourth-order valence-corrected chi connectivity index (χ4v) is 4.11. The zero-order chi connectivity index (χ0) is 24.5. The van der Waals surface area contributed by atoms with Gasteiger partial charge in [-0.15, -0.1) is 0 Å². The lowest BCUT2D eigenvalue weighted by Gasteiger charge is -2.14. The number of fused-ring (bicyclic) bond motifs is 2. The van der Waals surface area contributed by atoms with Crippen LogP contribution in [0.15, 0.2) is 39.5 Å². The summed E-state index contributed by atoms with van der Waals surface area (Å²) >= 11 is 0. The lowest BCUT2D eigenvalue weighted by atomic mass is 10.0. The van der Waals surface area contributed by atoms with Crippen molar-refractivity contribution in [3.8, 4) is 5.75 Å². The van der Waals surface area contributed by atoms with Crippen molar-refractivity contribution < 1.29 is 29.0 Å². The Morgan fingerprint density at radius 2 is 1.62 bits per heavy atom. The van der Waals surface area contributed by atoms with Gasteiger partial charge < -0.3 is 19.4 Å². The first-order valence-electron chi connectivity index (χ1n) is 12.0. The first kappa shape index (κ1) is 25.3. The smallest absolute Gasteiger partial charge is 0.335 e. The van der Waals surface area contributed by atoms with Crippen LogP contribution in [0.5, 0.6) is 5.75 Å². The normalized spacial score (nSPS) is 11.2. The Morgan fingerprint density at radius 3 is 2.29 bits per heavy atom. The molecule has 0 aliphatic heterocycles. The molecule has 0 spiro atoms. The van der Waals surface area contributed by atoms with E-state index in [-0.39, 0.29) is 45.8 Å². The molecule has 3 aromatic rings. The van der Waals surface area contributed by atoms with E-state index in [1.807, 2.05) is 0 Å². The SMILES string of the molecule is CCCCCCCCCCOc1ccc2c(=O)c3cc(C(=O)O)ccc3oc2c1CCC(=O)O. The summed E-state index contributed by atoms with van der Waals surface area (Å²) in [6, 6.07) is 7.40. The molecule has 1 heterocycles. The number of carbonyl (C=O) groups is 2. The lowest BCUT2D eigenvalue weighted by Crippen LogP contribution is -2.08. The largest absolute Gasteiger partial charge is 0.493 e. The molecule has 0 fully saturated rings. The molecule has 0 bridgehead atoms. The zero-order valence-corrected chi connectivity index (χ0v) is 19.6. The summed E-state index contributed by atoms with van der Waals surface area (Å²) in [5.74, 6) is -1.57. The third kappa shape index (κ3) is 6.37. The van der Waals surface area contributed by atoms with E-state index in [0.717, 1.165) is 19.3 Å². The second-order valence-corrected chi connectivity index (χ2v) is 8.58. The van der Waals surface area contributed by atoms with Crippen molar-refractivity contribution in [3.63, 3.8) is 0 Å². The van der Waals surface area contributed by atoms with Crippen LogP contribution in [0.4, 0.5) is 0 Å². The van der Waals surface area contributed by atoms with E-state index in [1.54, 1.807) is 12.1 Å². The number of ether oxygens (including phenoxy) is 1. The van der Waals surface area contributed by atoms with E-state index >= 15 is 0 Å². The number of aryl methyl sites for hydroxylation is 1. The maximum atomic E-state index is 13.1. The number of aromatic carboxylic acids is 1. The minimum Gasteiger partial charge on any atom is -0.493 e. The molecule has 0 saturated carbocycles. The molecule has 0 atom stereocenters. The molecule has 2 aromatic carbocycles. The predicted molar refractivity (Wildman–Crippen MR) is 131 cm³/mol. The Balaban J connectivity index is 1.82. The summed E-state index contributed by atoms with van der Waals surface area (Å²) in [4.78, 5) is 35.6. The van der Waals surface area contributed by atoms with Crippen molar-refractivity contribution in [1.29, 1.82) is 0 Å². The Labute approximate surface area is 198 Å². The summed E-state index contributed by atoms with van der Waals surface area (Å²) in [5.41, 5.74) is 0.719. The second kappa shape index (κ2) is 12.2. The Kier molecular flexibility index (Phi) is 9.08. The maximum Gasteiger partial charge on any atom is 0.335 e. The van der Waals surface area contributed by atoms with E-state index in [1.165, 1.54) is 50.3 Å². The van der Waals surface area contributed by atoms with Gasteiger partial charge in [0.1, 0.15) is 16.9 Å². The lowest BCUT2D eigenvalue weighted by molar-refractivity contribution is -0.136. The first-order chi connectivity index (χ1) is 16.4. The molecule has 0 aliphatic rings. The molecule has 34 heavy (non-hydrogen) atoms. The number of hydrogen-bond donors (Lipinski definition) is 2. The molecule has 7 nitrogen and oxygen atoms in total. The van der Waals surface area contributed by atoms with Gasteiger partial charge in [-0.25, -0.2) is 4.79 Å². The van der Waals surface area contributed by atoms with Crippen molar-refractivity contribution in [2.24, 2.45) is 0 Å². The monoisotopic (exact) mass is 468 g/mol. The Bertz CT molecular complexity index is 1210. The van der Waals surface area contributed by atoms with Crippen molar-refractivity contribution in [1.82, 2.24) is 0 Å². The molecule has 1 aromatic heterocycles. The highest BCUT2D eigenvalue weighted by Crippen LogP contribution is 2.31. The number of hydrogen-bond acceptors (Lipinski definition) is 5. The molecule has 7 heteroatoms. The van der Waals surface area contributed by atoms with Crippen molar-refractivity contribution >= 4 is 33.9 Å². The van der Waals surface area contributed by atoms with Crippen LogP contribution in [0.3, 0.4) is 0 Å². The van der Waals surface area contributed by atoms with Gasteiger partial charge in [0.15, 0.2) is 0 Å². The van der Waals surface area contributed by atoms with Crippen LogP contribution in [0.25, 0.3) is 21.9 Å². The van der Waals surface area contributed by atoms with Gasteiger partial charge in [0.05, 0.1) is 22.9 Å². The number of carboxylic acids is 2. The van der Waals surface area contributed by atoms with E-state index in [9.17, 15) is 24.6 Å². The van der Waals surface area contributed by atoms with E-state index in [2.05, 4.69) is 6.92 Å². The third-order valence-electron chi connectivity index (χ3n) is 5.99. The average Bonchev–Trinajstić information content (AvgIpc) is 2.81. The first-order valence-corrected chi connectivity index (χ1v) is 12.0. The van der Waals surface area contributed by atoms with Crippen LogP contribution in [0.1, 0.15) is 80.6 Å². The van der Waals surface area contributed by atoms with Crippen LogP contribution in [0.2, 0.25) is 0 Å². The highest BCUT2D eigenvalue weighted by Gasteiger charge is 2.18. The quantitative estimate of drug-likeness (QED) is 0.214. The predicted octanol–water partition coefficient (Wildman–Crippen LogP) is 6.18. The van der Waals surface area contributed by atoms with Gasteiger partial charge in [-0.2, -0.15) is 0 Å². The topological polar surface area (TPSA) is 114 Å². The Hall–Kier alpha value is -3.35. The number of aliphatic carboxylic acids is 1. The number of carboxylic acid groups (broad SMARTS) is 2. The number of benzene rings is 2. The van der Waals surface area contributed by atoms with E-state index in [0.29, 0.717) is 17.9 Å². The molecule has 3 rings (SSSR count). The summed E-state index contributed by atoms with van der Waals surface area (Å²) < 4.78 is 12.0. The van der Waals surface area contributed by atoms with Crippen LogP contribution >= 0.6 is 0 Å². The number of unbranched alkanes of at least 4 members (excludes halogenated alkanes) is 7. The van der Waals surface area contributed by atoms with Gasteiger partial charge in [0.2, 0.25) is 5.43 Å². The fraction of sp³-hybridized carbons (Fsp3) is 0.444. The minimum atomic E-state index is -1.13. The molecule has 182 valence electrons. The second-order valence-electron chi connectivity index (χ2n) is 8.58. The van der Waals surface area contributed by atoms with Gasteiger partial charge in [0.25, 0.3) is 0 Å². The average molecular weight is 469 g/mol. The standard InChI is InChI=1S/C27H32O7/c1-2-3-4-5-6-7-8-9-16-33-22-14-11-20-25(30)21-17-18(27(31)32)10-13-23(21)34-26(20)19(22)12-15-24(28)29/h10-11,13-14,17H,2-9,12,15-16H2,1H3,(H,28,29)(H,31,32). The van der Waals surface area contributed by atoms with Gasteiger partial charge in [0, 0.05) is 12.0 Å². The van der Waals surface area contributed by atoms with Gasteiger partial charge >= 0.3 is 11.9 Å². The molecule has 0 radical (unpaired) electrons. The zero-order valence-electron chi connectivity index (χ0n) is 19.6. The molecule has 0 saturated heterocycles. The molecule has 0 unspecified atom stereocenters. The third-order valence-corrected chi connectivity index (χ3v) is 5.99. The molecular weight excluding hydrogens is 436 g/mol. The molecule has 0 aliphatic carbocycles. The van der Waals surface area contributed by atoms with Crippen LogP contribution < -0.4 is 10.2 Å². The highest BCUT2D eigenvalue weighted by molar-refractivity contribution is 5.97. The summed E-state index contributed by atoms with van der Waals surface area (Å²) in [6.07, 6.45) is 9.44. The van der Waals surface area contributed by atoms with Gasteiger partial charge in [-0.1, -0.05) is 51.9 Å². The Morgan fingerprint density at radius 1 is 0.912 bits per heavy atom. The molecular formula is C27H32O7. The summed E-state index contributed by atoms with van der Waals surface area (Å²) in [5, 5.41) is 18.9. The summed E-state index contributed by atoms with van der Waals surface area (Å²) in [6.45, 7) is 2.71. The number of rotatable bonds is 14. The fourth-order valence-electron chi connectivity index (χ4n) is 4.11. The van der Waals surface area contributed by atoms with E-state index < -0.39 is 11.9 Å². The van der Waals surface area contributed by atoms with Crippen LogP contribution in [-0.4, -0.2) is 28.8 Å². The van der Waals surface area contributed by atoms with Gasteiger partial charge in [-0.05, 0) is 43.2 Å². The molecule has 2 N–H and O–H groups in total. The van der Waals surface area contributed by atoms with Crippen molar-refractivity contribution in [2.45, 2.75) is 71.1 Å². The highest BCUT2D eigenvalue weighted by atomic mass is 16.5. The molecule has 0 amide bonds. The van der Waals surface area contributed by atoms with Crippen molar-refractivity contribution in [2.75, 3.05) is 6.61 Å². The van der Waals surface area contributed by atoms with Crippen LogP contribution in [-0.2, 0) is 11.2 Å². The maximum absolute atomic E-state index is 13.1. The van der Waals surface area contributed by atoms with Gasteiger partial charge in [-0.3, -0.25) is 9.59 Å². The van der Waals surface area contributed by atoms with E-state index in [4.69, 9.17) is 9.15 Å². The van der Waals surface area contributed by atoms with Crippen molar-refractivity contribution in [3.05, 3.63) is 51.7 Å². The summed E-state index contributed by atoms with van der Waals surface area (Å²) in [7, 11) is 0. The minimum absolute atomic E-state index is 0.00410. The van der Waals surface area contributed by atoms with Crippen LogP contribution in [0, 0.1) is 0 Å².